The lowest BCUT2D eigenvalue weighted by atomic mass is 10.1. The third-order valence-corrected chi connectivity index (χ3v) is 3.31. The van der Waals surface area contributed by atoms with Gasteiger partial charge in [0.2, 0.25) is 0 Å². The zero-order chi connectivity index (χ0) is 17.5. The fraction of sp³-hybridized carbons (Fsp3) is 0.222. The maximum atomic E-state index is 13.0. The van der Waals surface area contributed by atoms with E-state index in [0.29, 0.717) is 5.69 Å². The highest BCUT2D eigenvalue weighted by Gasteiger charge is 2.09. The van der Waals surface area contributed by atoms with Crippen molar-refractivity contribution in [1.29, 1.82) is 0 Å². The van der Waals surface area contributed by atoms with Crippen LogP contribution >= 0.6 is 0 Å². The molecule has 0 fully saturated rings. The Morgan fingerprint density at radius 3 is 2.54 bits per heavy atom. The van der Waals surface area contributed by atoms with E-state index in [1.165, 1.54) is 18.2 Å². The van der Waals surface area contributed by atoms with Crippen LogP contribution < -0.4 is 10.1 Å². The predicted molar refractivity (Wildman–Crippen MR) is 87.4 cm³/mol. The van der Waals surface area contributed by atoms with Gasteiger partial charge in [-0.25, -0.2) is 9.18 Å². The molecule has 6 heteroatoms. The molecule has 2 aromatic carbocycles. The first-order valence-corrected chi connectivity index (χ1v) is 7.35. The number of carbonyl (C=O) groups excluding carboxylic acids is 2. The summed E-state index contributed by atoms with van der Waals surface area (Å²) in [5.41, 5.74) is 2.80. The summed E-state index contributed by atoms with van der Waals surface area (Å²) in [7, 11) is 0. The molecule has 0 saturated heterocycles. The molecule has 0 bridgehead atoms. The van der Waals surface area contributed by atoms with E-state index >= 15 is 0 Å². The predicted octanol–water partition coefficient (Wildman–Crippen LogP) is 3.00. The number of benzene rings is 2. The summed E-state index contributed by atoms with van der Waals surface area (Å²) in [6.45, 7) is 3.09. The molecule has 0 spiro atoms. The molecule has 0 aliphatic rings. The molecule has 0 unspecified atom stereocenters. The molecule has 5 nitrogen and oxygen atoms in total. The Kier molecular flexibility index (Phi) is 5.89. The van der Waals surface area contributed by atoms with E-state index in [1.54, 1.807) is 6.07 Å². The highest BCUT2D eigenvalue weighted by molar-refractivity contribution is 5.92. The molecule has 24 heavy (non-hydrogen) atoms. The lowest BCUT2D eigenvalue weighted by Gasteiger charge is -2.09. The van der Waals surface area contributed by atoms with E-state index in [9.17, 15) is 14.0 Å². The molecule has 0 radical (unpaired) electrons. The number of carbonyl (C=O) groups is 2. The fourth-order valence-corrected chi connectivity index (χ4v) is 1.90. The van der Waals surface area contributed by atoms with Crippen LogP contribution in [0.25, 0.3) is 0 Å². The van der Waals surface area contributed by atoms with Crippen LogP contribution in [0.2, 0.25) is 0 Å². The molecular formula is C18H18FNO4. The Morgan fingerprint density at radius 1 is 1.04 bits per heavy atom. The van der Waals surface area contributed by atoms with Gasteiger partial charge in [0.1, 0.15) is 11.6 Å². The van der Waals surface area contributed by atoms with Gasteiger partial charge in [-0.3, -0.25) is 4.79 Å². The van der Waals surface area contributed by atoms with Gasteiger partial charge in [0.15, 0.2) is 13.2 Å². The SMILES string of the molecule is Cc1ccc(NC(=O)COC(=O)COc2cccc(F)c2)cc1C. The number of hydrogen-bond donors (Lipinski definition) is 1. The standard InChI is InChI=1S/C18H18FNO4/c1-12-6-7-15(8-13(12)2)20-17(21)10-24-18(22)11-23-16-5-3-4-14(19)9-16/h3-9H,10-11H2,1-2H3,(H,20,21). The van der Waals surface area contributed by atoms with Gasteiger partial charge in [0.25, 0.3) is 5.91 Å². The molecule has 126 valence electrons. The van der Waals surface area contributed by atoms with Crippen molar-refractivity contribution < 1.29 is 23.5 Å². The summed E-state index contributed by atoms with van der Waals surface area (Å²) in [5, 5.41) is 2.64. The quantitative estimate of drug-likeness (QED) is 0.827. The minimum atomic E-state index is -0.713. The van der Waals surface area contributed by atoms with Gasteiger partial charge in [-0.15, -0.1) is 0 Å². The molecule has 0 aromatic heterocycles. The monoisotopic (exact) mass is 331 g/mol. The highest BCUT2D eigenvalue weighted by Crippen LogP contribution is 2.14. The summed E-state index contributed by atoms with van der Waals surface area (Å²) < 4.78 is 22.9. The van der Waals surface area contributed by atoms with Crippen molar-refractivity contribution in [3.05, 3.63) is 59.4 Å². The smallest absolute Gasteiger partial charge is 0.344 e. The summed E-state index contributed by atoms with van der Waals surface area (Å²) in [6.07, 6.45) is 0. The molecule has 0 heterocycles. The molecule has 2 aromatic rings. The van der Waals surface area contributed by atoms with E-state index in [2.05, 4.69) is 5.32 Å². The number of aryl methyl sites for hydroxylation is 2. The van der Waals surface area contributed by atoms with Crippen molar-refractivity contribution in [2.24, 2.45) is 0 Å². The van der Waals surface area contributed by atoms with Gasteiger partial charge in [-0.2, -0.15) is 0 Å². The minimum absolute atomic E-state index is 0.214. The Bertz CT molecular complexity index is 746. The average Bonchev–Trinajstić information content (AvgIpc) is 2.54. The summed E-state index contributed by atoms with van der Waals surface area (Å²) >= 11 is 0. The molecule has 1 N–H and O–H groups in total. The van der Waals surface area contributed by atoms with E-state index < -0.39 is 30.9 Å². The van der Waals surface area contributed by atoms with Crippen LogP contribution in [0, 0.1) is 19.7 Å². The minimum Gasteiger partial charge on any atom is -0.482 e. The van der Waals surface area contributed by atoms with Crippen LogP contribution in [-0.2, 0) is 14.3 Å². The molecule has 0 saturated carbocycles. The van der Waals surface area contributed by atoms with E-state index in [-0.39, 0.29) is 5.75 Å². The second-order valence-electron chi connectivity index (χ2n) is 5.25. The van der Waals surface area contributed by atoms with Crippen molar-refractivity contribution in [2.45, 2.75) is 13.8 Å². The number of nitrogens with one attached hydrogen (secondary N) is 1. The van der Waals surface area contributed by atoms with Crippen molar-refractivity contribution >= 4 is 17.6 Å². The summed E-state index contributed by atoms with van der Waals surface area (Å²) in [6, 6.07) is 10.9. The van der Waals surface area contributed by atoms with Gasteiger partial charge in [-0.05, 0) is 49.2 Å². The lowest BCUT2D eigenvalue weighted by molar-refractivity contribution is -0.149. The van der Waals surface area contributed by atoms with Gasteiger partial charge < -0.3 is 14.8 Å². The van der Waals surface area contributed by atoms with Gasteiger partial charge in [0, 0.05) is 11.8 Å². The van der Waals surface area contributed by atoms with E-state index in [0.717, 1.165) is 17.2 Å². The topological polar surface area (TPSA) is 64.6 Å². The number of rotatable bonds is 6. The van der Waals surface area contributed by atoms with Crippen LogP contribution in [0.3, 0.4) is 0 Å². The second-order valence-corrected chi connectivity index (χ2v) is 5.25. The van der Waals surface area contributed by atoms with Crippen LogP contribution in [-0.4, -0.2) is 25.1 Å². The number of ether oxygens (including phenoxy) is 2. The van der Waals surface area contributed by atoms with Crippen molar-refractivity contribution in [1.82, 2.24) is 0 Å². The fourth-order valence-electron chi connectivity index (χ4n) is 1.90. The normalized spacial score (nSPS) is 10.1. The van der Waals surface area contributed by atoms with Gasteiger partial charge in [0.05, 0.1) is 0 Å². The first-order chi connectivity index (χ1) is 11.4. The summed E-state index contributed by atoms with van der Waals surface area (Å²) in [4.78, 5) is 23.3. The van der Waals surface area contributed by atoms with E-state index in [4.69, 9.17) is 9.47 Å². The largest absolute Gasteiger partial charge is 0.482 e. The average molecular weight is 331 g/mol. The first-order valence-electron chi connectivity index (χ1n) is 7.35. The van der Waals surface area contributed by atoms with Crippen molar-refractivity contribution in [2.75, 3.05) is 18.5 Å². The van der Waals surface area contributed by atoms with Crippen LogP contribution in [0.1, 0.15) is 11.1 Å². The highest BCUT2D eigenvalue weighted by atomic mass is 19.1. The molecule has 2 rings (SSSR count). The number of amides is 1. The first kappa shape index (κ1) is 17.5. The number of anilines is 1. The van der Waals surface area contributed by atoms with Crippen molar-refractivity contribution in [3.63, 3.8) is 0 Å². The Balaban J connectivity index is 1.74. The summed E-state index contributed by atoms with van der Waals surface area (Å²) in [5.74, 6) is -1.41. The second kappa shape index (κ2) is 8.10. The third-order valence-electron chi connectivity index (χ3n) is 3.31. The number of esters is 1. The Morgan fingerprint density at radius 2 is 1.83 bits per heavy atom. The zero-order valence-electron chi connectivity index (χ0n) is 13.5. The Hall–Kier alpha value is -2.89. The lowest BCUT2D eigenvalue weighted by Crippen LogP contribution is -2.23. The molecule has 0 aliphatic carbocycles. The van der Waals surface area contributed by atoms with Crippen LogP contribution in [0.15, 0.2) is 42.5 Å². The van der Waals surface area contributed by atoms with Gasteiger partial charge in [-0.1, -0.05) is 12.1 Å². The maximum Gasteiger partial charge on any atom is 0.344 e. The Labute approximate surface area is 139 Å². The third kappa shape index (κ3) is 5.39. The van der Waals surface area contributed by atoms with E-state index in [1.807, 2.05) is 26.0 Å². The number of hydrogen-bond acceptors (Lipinski definition) is 4. The van der Waals surface area contributed by atoms with Crippen LogP contribution in [0.5, 0.6) is 5.75 Å². The van der Waals surface area contributed by atoms with Gasteiger partial charge >= 0.3 is 5.97 Å². The molecule has 0 atom stereocenters. The molecular weight excluding hydrogens is 313 g/mol. The molecule has 0 aliphatic heterocycles. The van der Waals surface area contributed by atoms with Crippen LogP contribution in [0.4, 0.5) is 10.1 Å². The zero-order valence-corrected chi connectivity index (χ0v) is 13.5. The molecule has 1 amide bonds. The number of halogens is 1. The maximum absolute atomic E-state index is 13.0. The van der Waals surface area contributed by atoms with Crippen molar-refractivity contribution in [3.8, 4) is 5.75 Å².